The Bertz CT molecular complexity index is 528. The molecule has 0 radical (unpaired) electrons. The number of nitrogens with zero attached hydrogens (tertiary/aromatic N) is 2. The van der Waals surface area contributed by atoms with Crippen LogP contribution in [0.2, 0.25) is 0 Å². The molecule has 2 atom stereocenters. The minimum absolute atomic E-state index is 0.190. The monoisotopic (exact) mass is 277 g/mol. The van der Waals surface area contributed by atoms with Crippen LogP contribution in [-0.2, 0) is 10.3 Å². The quantitative estimate of drug-likeness (QED) is 0.917. The van der Waals surface area contributed by atoms with Gasteiger partial charge in [0.1, 0.15) is 5.82 Å². The molecule has 108 valence electrons. The SMILES string of the molecule is CC1(c2cccc(F)c2)CN=C(N)N1CC1CCCO1. The van der Waals surface area contributed by atoms with Crippen molar-refractivity contribution in [1.82, 2.24) is 4.90 Å². The van der Waals surface area contributed by atoms with E-state index < -0.39 is 5.54 Å². The summed E-state index contributed by atoms with van der Waals surface area (Å²) in [5, 5.41) is 0. The van der Waals surface area contributed by atoms with Crippen LogP contribution in [0, 0.1) is 5.82 Å². The van der Waals surface area contributed by atoms with Gasteiger partial charge in [0.25, 0.3) is 0 Å². The minimum Gasteiger partial charge on any atom is -0.376 e. The molecule has 3 rings (SSSR count). The standard InChI is InChI=1S/C15H20FN3O/c1-15(11-4-2-5-12(16)8-11)10-18-14(17)19(15)9-13-6-3-7-20-13/h2,4-5,8,13H,3,6-7,9-10H2,1H3,(H2,17,18). The van der Waals surface area contributed by atoms with Crippen molar-refractivity contribution < 1.29 is 9.13 Å². The van der Waals surface area contributed by atoms with E-state index in [1.54, 1.807) is 12.1 Å². The second-order valence-electron chi connectivity index (χ2n) is 5.70. The fraction of sp³-hybridized carbons (Fsp3) is 0.533. The Morgan fingerprint density at radius 2 is 2.40 bits per heavy atom. The maximum atomic E-state index is 13.5. The third-order valence-electron chi connectivity index (χ3n) is 4.28. The van der Waals surface area contributed by atoms with Gasteiger partial charge in [0.05, 0.1) is 18.2 Å². The molecule has 2 unspecified atom stereocenters. The van der Waals surface area contributed by atoms with Crippen molar-refractivity contribution in [2.75, 3.05) is 19.7 Å². The lowest BCUT2D eigenvalue weighted by atomic mass is 9.90. The lowest BCUT2D eigenvalue weighted by Gasteiger charge is -2.38. The lowest BCUT2D eigenvalue weighted by Crippen LogP contribution is -2.50. The molecule has 0 saturated carbocycles. The summed E-state index contributed by atoms with van der Waals surface area (Å²) in [6.07, 6.45) is 2.32. The van der Waals surface area contributed by atoms with Crippen LogP contribution in [0.3, 0.4) is 0 Å². The van der Waals surface area contributed by atoms with Crippen molar-refractivity contribution in [2.24, 2.45) is 10.7 Å². The maximum Gasteiger partial charge on any atom is 0.192 e. The number of halogens is 1. The number of hydrogen-bond donors (Lipinski definition) is 1. The zero-order chi connectivity index (χ0) is 14.2. The highest BCUT2D eigenvalue weighted by Gasteiger charge is 2.41. The van der Waals surface area contributed by atoms with Crippen molar-refractivity contribution in [3.63, 3.8) is 0 Å². The number of hydrogen-bond acceptors (Lipinski definition) is 4. The Morgan fingerprint density at radius 3 is 3.10 bits per heavy atom. The van der Waals surface area contributed by atoms with Crippen molar-refractivity contribution >= 4 is 5.96 Å². The summed E-state index contributed by atoms with van der Waals surface area (Å²) < 4.78 is 19.2. The number of aliphatic imine (C=N–C) groups is 1. The van der Waals surface area contributed by atoms with Crippen LogP contribution in [0.25, 0.3) is 0 Å². The van der Waals surface area contributed by atoms with Gasteiger partial charge in [-0.15, -0.1) is 0 Å². The van der Waals surface area contributed by atoms with Gasteiger partial charge in [-0.05, 0) is 37.5 Å². The third-order valence-corrected chi connectivity index (χ3v) is 4.28. The Labute approximate surface area is 118 Å². The molecule has 2 N–H and O–H groups in total. The Morgan fingerprint density at radius 1 is 1.55 bits per heavy atom. The summed E-state index contributed by atoms with van der Waals surface area (Å²) in [5.74, 6) is 0.290. The Kier molecular flexibility index (Phi) is 3.38. The Hall–Kier alpha value is -1.62. The molecule has 1 aromatic carbocycles. The van der Waals surface area contributed by atoms with Gasteiger partial charge in [-0.3, -0.25) is 4.99 Å². The number of ether oxygens (including phenoxy) is 1. The lowest BCUT2D eigenvalue weighted by molar-refractivity contribution is 0.0690. The van der Waals surface area contributed by atoms with E-state index in [2.05, 4.69) is 16.8 Å². The van der Waals surface area contributed by atoms with Crippen molar-refractivity contribution in [3.05, 3.63) is 35.6 Å². The van der Waals surface area contributed by atoms with Crippen LogP contribution >= 0.6 is 0 Å². The first-order valence-electron chi connectivity index (χ1n) is 7.05. The van der Waals surface area contributed by atoms with Crippen LogP contribution in [0.1, 0.15) is 25.3 Å². The highest BCUT2D eigenvalue weighted by atomic mass is 19.1. The molecule has 20 heavy (non-hydrogen) atoms. The fourth-order valence-electron chi connectivity index (χ4n) is 3.02. The molecule has 0 aromatic heterocycles. The summed E-state index contributed by atoms with van der Waals surface area (Å²) in [7, 11) is 0. The summed E-state index contributed by atoms with van der Waals surface area (Å²) in [4.78, 5) is 6.41. The van der Waals surface area contributed by atoms with Crippen LogP contribution in [0.5, 0.6) is 0 Å². The zero-order valence-corrected chi connectivity index (χ0v) is 11.7. The van der Waals surface area contributed by atoms with Gasteiger partial charge >= 0.3 is 0 Å². The molecule has 2 aliphatic rings. The van der Waals surface area contributed by atoms with Gasteiger partial charge < -0.3 is 15.4 Å². The molecule has 0 aliphatic carbocycles. The second kappa shape index (κ2) is 5.05. The van der Waals surface area contributed by atoms with E-state index in [1.807, 2.05) is 6.07 Å². The normalized spacial score (nSPS) is 29.8. The molecule has 5 heteroatoms. The maximum absolute atomic E-state index is 13.5. The smallest absolute Gasteiger partial charge is 0.192 e. The molecule has 0 bridgehead atoms. The van der Waals surface area contributed by atoms with Crippen LogP contribution < -0.4 is 5.73 Å². The molecule has 2 aliphatic heterocycles. The van der Waals surface area contributed by atoms with Crippen LogP contribution in [0.4, 0.5) is 4.39 Å². The van der Waals surface area contributed by atoms with Gasteiger partial charge in [0.15, 0.2) is 5.96 Å². The first-order valence-corrected chi connectivity index (χ1v) is 7.05. The average molecular weight is 277 g/mol. The molecule has 2 heterocycles. The van der Waals surface area contributed by atoms with Crippen molar-refractivity contribution in [3.8, 4) is 0 Å². The minimum atomic E-state index is -0.391. The number of nitrogens with two attached hydrogens (primary N) is 1. The van der Waals surface area contributed by atoms with Gasteiger partial charge in [0, 0.05) is 13.2 Å². The molecule has 0 amide bonds. The summed E-state index contributed by atoms with van der Waals surface area (Å²) in [6.45, 7) is 4.13. The third kappa shape index (κ3) is 2.26. The fourth-order valence-corrected chi connectivity index (χ4v) is 3.02. The van der Waals surface area contributed by atoms with E-state index in [0.717, 1.165) is 25.0 Å². The largest absolute Gasteiger partial charge is 0.376 e. The number of benzene rings is 1. The van der Waals surface area contributed by atoms with Crippen LogP contribution in [-0.4, -0.2) is 36.7 Å². The van der Waals surface area contributed by atoms with Crippen molar-refractivity contribution in [2.45, 2.75) is 31.4 Å². The van der Waals surface area contributed by atoms with Crippen molar-refractivity contribution in [1.29, 1.82) is 0 Å². The first-order chi connectivity index (χ1) is 9.59. The van der Waals surface area contributed by atoms with Gasteiger partial charge in [-0.1, -0.05) is 12.1 Å². The van der Waals surface area contributed by atoms with E-state index in [-0.39, 0.29) is 11.9 Å². The highest BCUT2D eigenvalue weighted by Crippen LogP contribution is 2.34. The molecule has 1 fully saturated rings. The summed E-state index contributed by atoms with van der Waals surface area (Å²) >= 11 is 0. The van der Waals surface area contributed by atoms with E-state index in [9.17, 15) is 4.39 Å². The average Bonchev–Trinajstić information content (AvgIpc) is 3.03. The predicted octanol–water partition coefficient (Wildman–Crippen LogP) is 1.85. The topological polar surface area (TPSA) is 50.8 Å². The molecular weight excluding hydrogens is 257 g/mol. The van der Waals surface area contributed by atoms with Gasteiger partial charge in [0.2, 0.25) is 0 Å². The van der Waals surface area contributed by atoms with E-state index in [4.69, 9.17) is 10.5 Å². The highest BCUT2D eigenvalue weighted by molar-refractivity contribution is 5.81. The predicted molar refractivity (Wildman–Crippen MR) is 75.9 cm³/mol. The van der Waals surface area contributed by atoms with Gasteiger partial charge in [-0.2, -0.15) is 0 Å². The van der Waals surface area contributed by atoms with Crippen LogP contribution in [0.15, 0.2) is 29.3 Å². The summed E-state index contributed by atoms with van der Waals surface area (Å²) in [6, 6.07) is 6.68. The summed E-state index contributed by atoms with van der Waals surface area (Å²) in [5.41, 5.74) is 6.55. The molecule has 4 nitrogen and oxygen atoms in total. The molecule has 1 aromatic rings. The second-order valence-corrected chi connectivity index (χ2v) is 5.70. The molecular formula is C15H20FN3O. The number of guanidine groups is 1. The molecule has 1 saturated heterocycles. The first kappa shape index (κ1) is 13.4. The van der Waals surface area contributed by atoms with E-state index >= 15 is 0 Å². The van der Waals surface area contributed by atoms with E-state index in [1.165, 1.54) is 6.07 Å². The van der Waals surface area contributed by atoms with E-state index in [0.29, 0.717) is 19.0 Å². The Balaban J connectivity index is 1.86. The molecule has 0 spiro atoms. The van der Waals surface area contributed by atoms with Gasteiger partial charge in [-0.25, -0.2) is 4.39 Å². The number of rotatable bonds is 3. The zero-order valence-electron chi connectivity index (χ0n) is 11.7.